The lowest BCUT2D eigenvalue weighted by Crippen LogP contribution is -2.32. The van der Waals surface area contributed by atoms with Gasteiger partial charge in [-0.2, -0.15) is 4.98 Å². The molecule has 0 aliphatic carbocycles. The van der Waals surface area contributed by atoms with Gasteiger partial charge in [0.2, 0.25) is 11.7 Å². The molecule has 0 spiro atoms. The van der Waals surface area contributed by atoms with Gasteiger partial charge in [-0.3, -0.25) is 4.79 Å². The topological polar surface area (TPSA) is 85.5 Å². The normalized spacial score (nSPS) is 17.2. The van der Waals surface area contributed by atoms with Crippen molar-refractivity contribution in [3.8, 4) is 11.4 Å². The van der Waals surface area contributed by atoms with E-state index in [1.54, 1.807) is 30.0 Å². The Morgan fingerprint density at radius 1 is 1.44 bits per heavy atom. The summed E-state index contributed by atoms with van der Waals surface area (Å²) < 4.78 is 9.73. The molecule has 2 heterocycles. The number of ether oxygens (including phenoxy) is 1. The van der Waals surface area contributed by atoms with Crippen LogP contribution in [0.4, 0.5) is 5.69 Å². The number of carbonyl (C=O) groups excluding carboxylic acids is 2. The van der Waals surface area contributed by atoms with Crippen molar-refractivity contribution in [3.05, 3.63) is 29.1 Å². The van der Waals surface area contributed by atoms with Crippen molar-refractivity contribution in [1.82, 2.24) is 10.1 Å². The van der Waals surface area contributed by atoms with E-state index in [-0.39, 0.29) is 30.3 Å². The highest BCUT2D eigenvalue weighted by atomic mass is 35.5. The summed E-state index contributed by atoms with van der Waals surface area (Å²) in [7, 11) is 0. The van der Waals surface area contributed by atoms with Crippen molar-refractivity contribution in [2.45, 2.75) is 39.2 Å². The first-order valence-electron chi connectivity index (χ1n) is 8.18. The van der Waals surface area contributed by atoms with Crippen molar-refractivity contribution >= 4 is 29.2 Å². The zero-order chi connectivity index (χ0) is 18.0. The van der Waals surface area contributed by atoms with E-state index in [9.17, 15) is 9.59 Å². The number of benzene rings is 1. The molecule has 7 nitrogen and oxygen atoms in total. The van der Waals surface area contributed by atoms with Crippen LogP contribution in [0.5, 0.6) is 0 Å². The number of aromatic nitrogens is 2. The van der Waals surface area contributed by atoms with E-state index in [4.69, 9.17) is 20.9 Å². The van der Waals surface area contributed by atoms with Gasteiger partial charge in [0.1, 0.15) is 0 Å². The van der Waals surface area contributed by atoms with Crippen LogP contribution in [0.2, 0.25) is 5.02 Å². The molecule has 0 N–H and O–H groups in total. The lowest BCUT2D eigenvalue weighted by atomic mass is 10.1. The van der Waals surface area contributed by atoms with Crippen molar-refractivity contribution in [2.75, 3.05) is 11.5 Å². The summed E-state index contributed by atoms with van der Waals surface area (Å²) >= 11 is 6.36. The molecule has 132 valence electrons. The Balaban J connectivity index is 1.88. The number of halogens is 1. The fraction of sp³-hybridized carbons (Fsp3) is 0.412. The second kappa shape index (κ2) is 7.23. The zero-order valence-corrected chi connectivity index (χ0v) is 14.7. The predicted molar refractivity (Wildman–Crippen MR) is 91.5 cm³/mol. The maximum absolute atomic E-state index is 12.1. The SMILES string of the molecule is CCOC(=O)c1nc(-c2ccc(N3C(=O)CC[C@@H]3CC)cc2Cl)no1. The third kappa shape index (κ3) is 3.37. The summed E-state index contributed by atoms with van der Waals surface area (Å²) in [6.07, 6.45) is 2.28. The van der Waals surface area contributed by atoms with E-state index in [1.165, 1.54) is 0 Å². The first-order chi connectivity index (χ1) is 12.0. The zero-order valence-electron chi connectivity index (χ0n) is 14.0. The Morgan fingerprint density at radius 2 is 2.24 bits per heavy atom. The van der Waals surface area contributed by atoms with Crippen LogP contribution < -0.4 is 4.90 Å². The minimum Gasteiger partial charge on any atom is -0.459 e. The molecule has 1 aromatic heterocycles. The molecule has 1 saturated heterocycles. The van der Waals surface area contributed by atoms with Crippen LogP contribution in [0.3, 0.4) is 0 Å². The highest BCUT2D eigenvalue weighted by Gasteiger charge is 2.31. The van der Waals surface area contributed by atoms with Crippen LogP contribution in [0.15, 0.2) is 22.7 Å². The Morgan fingerprint density at radius 3 is 2.92 bits per heavy atom. The van der Waals surface area contributed by atoms with E-state index in [2.05, 4.69) is 17.1 Å². The number of hydrogen-bond donors (Lipinski definition) is 0. The van der Waals surface area contributed by atoms with E-state index in [0.717, 1.165) is 18.5 Å². The lowest BCUT2D eigenvalue weighted by Gasteiger charge is -2.24. The highest BCUT2D eigenvalue weighted by molar-refractivity contribution is 6.33. The molecule has 1 aromatic carbocycles. The minimum absolute atomic E-state index is 0.0971. The van der Waals surface area contributed by atoms with Gasteiger partial charge in [-0.15, -0.1) is 0 Å². The number of anilines is 1. The fourth-order valence-electron chi connectivity index (χ4n) is 2.93. The number of hydrogen-bond acceptors (Lipinski definition) is 6. The molecule has 0 bridgehead atoms. The first kappa shape index (κ1) is 17.4. The van der Waals surface area contributed by atoms with E-state index in [1.807, 2.05) is 0 Å². The largest absolute Gasteiger partial charge is 0.459 e. The lowest BCUT2D eigenvalue weighted by molar-refractivity contribution is -0.117. The van der Waals surface area contributed by atoms with Crippen molar-refractivity contribution < 1.29 is 18.8 Å². The van der Waals surface area contributed by atoms with Gasteiger partial charge in [0.15, 0.2) is 0 Å². The van der Waals surface area contributed by atoms with Gasteiger partial charge < -0.3 is 14.2 Å². The van der Waals surface area contributed by atoms with Crippen molar-refractivity contribution in [2.24, 2.45) is 0 Å². The monoisotopic (exact) mass is 363 g/mol. The number of esters is 1. The van der Waals surface area contributed by atoms with Gasteiger partial charge in [0.25, 0.3) is 0 Å². The Bertz CT molecular complexity index is 805. The van der Waals surface area contributed by atoms with Crippen LogP contribution in [0.25, 0.3) is 11.4 Å². The Kier molecular flexibility index (Phi) is 5.03. The van der Waals surface area contributed by atoms with Crippen LogP contribution in [0, 0.1) is 0 Å². The molecular weight excluding hydrogens is 346 g/mol. The molecule has 0 radical (unpaired) electrons. The third-order valence-electron chi connectivity index (χ3n) is 4.14. The molecule has 1 amide bonds. The van der Waals surface area contributed by atoms with Crippen LogP contribution >= 0.6 is 11.6 Å². The Labute approximate surface area is 149 Å². The average molecular weight is 364 g/mol. The second-order valence-corrected chi connectivity index (χ2v) is 6.08. The quantitative estimate of drug-likeness (QED) is 0.756. The van der Waals surface area contributed by atoms with Crippen LogP contribution in [0.1, 0.15) is 43.8 Å². The first-order valence-corrected chi connectivity index (χ1v) is 8.55. The maximum atomic E-state index is 12.1. The van der Waals surface area contributed by atoms with Crippen molar-refractivity contribution in [3.63, 3.8) is 0 Å². The average Bonchev–Trinajstić information content (AvgIpc) is 3.21. The van der Waals surface area contributed by atoms with Crippen LogP contribution in [-0.2, 0) is 9.53 Å². The molecule has 3 rings (SSSR count). The summed E-state index contributed by atoms with van der Waals surface area (Å²) in [6.45, 7) is 3.96. The fourth-order valence-corrected chi connectivity index (χ4v) is 3.19. The molecule has 1 atom stereocenters. The maximum Gasteiger partial charge on any atom is 0.397 e. The second-order valence-electron chi connectivity index (χ2n) is 5.67. The number of carbonyl (C=O) groups is 2. The van der Waals surface area contributed by atoms with Gasteiger partial charge >= 0.3 is 11.9 Å². The molecule has 2 aromatic rings. The summed E-state index contributed by atoms with van der Waals surface area (Å²) in [6, 6.07) is 5.42. The Hall–Kier alpha value is -2.41. The van der Waals surface area contributed by atoms with Gasteiger partial charge in [-0.05, 0) is 38.0 Å². The molecule has 1 aliphatic heterocycles. The van der Waals surface area contributed by atoms with Crippen LogP contribution in [-0.4, -0.2) is 34.7 Å². The summed E-state index contributed by atoms with van der Waals surface area (Å²) in [4.78, 5) is 29.6. The third-order valence-corrected chi connectivity index (χ3v) is 4.46. The number of rotatable bonds is 5. The number of nitrogens with zero attached hydrogens (tertiary/aromatic N) is 3. The van der Waals surface area contributed by atoms with Crippen molar-refractivity contribution in [1.29, 1.82) is 0 Å². The summed E-state index contributed by atoms with van der Waals surface area (Å²) in [5, 5.41) is 4.15. The molecular formula is C17H18ClN3O4. The minimum atomic E-state index is -0.678. The van der Waals surface area contributed by atoms with E-state index in [0.29, 0.717) is 17.0 Å². The predicted octanol–water partition coefficient (Wildman–Crippen LogP) is 3.47. The van der Waals surface area contributed by atoms with Gasteiger partial charge in [0, 0.05) is 23.7 Å². The van der Waals surface area contributed by atoms with E-state index < -0.39 is 5.97 Å². The molecule has 25 heavy (non-hydrogen) atoms. The molecule has 1 fully saturated rings. The van der Waals surface area contributed by atoms with E-state index >= 15 is 0 Å². The highest BCUT2D eigenvalue weighted by Crippen LogP contribution is 2.34. The molecule has 1 aliphatic rings. The van der Waals surface area contributed by atoms with Gasteiger partial charge in [-0.1, -0.05) is 23.7 Å². The van der Waals surface area contributed by atoms with Gasteiger partial charge in [-0.25, -0.2) is 4.79 Å². The summed E-state index contributed by atoms with van der Waals surface area (Å²) in [5.41, 5.74) is 1.27. The molecule has 0 unspecified atom stereocenters. The standard InChI is InChI=1S/C17H18ClN3O4/c1-3-10-6-8-14(22)21(10)11-5-7-12(13(18)9-11)15-19-16(25-20-15)17(23)24-4-2/h5,7,9-10H,3-4,6,8H2,1-2H3/t10-/m0/s1. The number of amides is 1. The molecule has 0 saturated carbocycles. The smallest absolute Gasteiger partial charge is 0.397 e. The molecule has 8 heteroatoms. The summed E-state index contributed by atoms with van der Waals surface area (Å²) in [5.74, 6) is -0.612. The van der Waals surface area contributed by atoms with Gasteiger partial charge in [0.05, 0.1) is 11.6 Å².